The van der Waals surface area contributed by atoms with Crippen LogP contribution in [-0.4, -0.2) is 15.9 Å². The Morgan fingerprint density at radius 2 is 2.15 bits per heavy atom. The molecule has 1 N–H and O–H groups in total. The van der Waals surface area contributed by atoms with Gasteiger partial charge in [0.25, 0.3) is 0 Å². The number of imidazole rings is 1. The van der Waals surface area contributed by atoms with E-state index in [1.165, 1.54) is 31.4 Å². The van der Waals surface area contributed by atoms with Crippen molar-refractivity contribution < 1.29 is 0 Å². The normalized spacial score (nSPS) is 12.9. The van der Waals surface area contributed by atoms with E-state index < -0.39 is 0 Å². The highest BCUT2D eigenvalue weighted by atomic mass is 15.0. The molecular formula is C17H27N3. The van der Waals surface area contributed by atoms with Gasteiger partial charge in [-0.3, -0.25) is 0 Å². The summed E-state index contributed by atoms with van der Waals surface area (Å²) in [4.78, 5) is 4.60. The van der Waals surface area contributed by atoms with E-state index in [9.17, 15) is 0 Å². The number of hydrogen-bond donors (Lipinski definition) is 1. The topological polar surface area (TPSA) is 29.3 Å². The van der Waals surface area contributed by atoms with Crippen LogP contribution in [0.3, 0.4) is 0 Å². The third kappa shape index (κ3) is 3.60. The lowest BCUT2D eigenvalue weighted by Crippen LogP contribution is -2.23. The molecule has 0 aliphatic rings. The van der Waals surface area contributed by atoms with Gasteiger partial charge in [-0.2, -0.15) is 0 Å². The molecule has 0 saturated carbocycles. The second-order valence-corrected chi connectivity index (χ2v) is 5.62. The van der Waals surface area contributed by atoms with Crippen LogP contribution in [0.25, 0.3) is 5.65 Å². The number of hydrogen-bond acceptors (Lipinski definition) is 2. The molecule has 2 heterocycles. The molecule has 0 radical (unpaired) electrons. The standard InChI is InChI=1S/C17H27N3/c1-4-6-9-15(5-2)12-18-13-16-14(3)19-17-10-7-8-11-20(16)17/h7-8,10-11,15,18H,4-6,9,12-13H2,1-3H3. The van der Waals surface area contributed by atoms with Crippen molar-refractivity contribution in [3.8, 4) is 0 Å². The molecule has 1 unspecified atom stereocenters. The molecule has 3 nitrogen and oxygen atoms in total. The Labute approximate surface area is 122 Å². The smallest absolute Gasteiger partial charge is 0.137 e. The molecule has 3 heteroatoms. The van der Waals surface area contributed by atoms with Crippen molar-refractivity contribution in [3.63, 3.8) is 0 Å². The predicted molar refractivity (Wildman–Crippen MR) is 84.9 cm³/mol. The van der Waals surface area contributed by atoms with Crippen molar-refractivity contribution in [1.82, 2.24) is 14.7 Å². The summed E-state index contributed by atoms with van der Waals surface area (Å²) in [6.45, 7) is 8.66. The Kier molecular flexibility index (Phi) is 5.60. The van der Waals surface area contributed by atoms with E-state index in [0.717, 1.165) is 30.3 Å². The Morgan fingerprint density at radius 1 is 1.30 bits per heavy atom. The van der Waals surface area contributed by atoms with Gasteiger partial charge in [0.05, 0.1) is 11.4 Å². The number of aromatic nitrogens is 2. The molecule has 0 fully saturated rings. The highest BCUT2D eigenvalue weighted by Gasteiger charge is 2.09. The van der Waals surface area contributed by atoms with E-state index in [4.69, 9.17) is 0 Å². The SMILES string of the molecule is CCCCC(CC)CNCc1c(C)nc2ccccn12. The first-order valence-electron chi connectivity index (χ1n) is 7.89. The van der Waals surface area contributed by atoms with E-state index in [-0.39, 0.29) is 0 Å². The molecular weight excluding hydrogens is 246 g/mol. The summed E-state index contributed by atoms with van der Waals surface area (Å²) in [6, 6.07) is 6.16. The minimum atomic E-state index is 0.800. The van der Waals surface area contributed by atoms with Crippen molar-refractivity contribution in [3.05, 3.63) is 35.8 Å². The predicted octanol–water partition coefficient (Wildman–Crippen LogP) is 3.95. The van der Waals surface area contributed by atoms with Crippen LogP contribution < -0.4 is 5.32 Å². The van der Waals surface area contributed by atoms with Crippen molar-refractivity contribution in [2.45, 2.75) is 53.0 Å². The zero-order valence-electron chi connectivity index (χ0n) is 13.0. The van der Waals surface area contributed by atoms with Gasteiger partial charge in [-0.1, -0.05) is 39.2 Å². The number of aryl methyl sites for hydroxylation is 1. The van der Waals surface area contributed by atoms with Crippen LogP contribution in [0.1, 0.15) is 50.9 Å². The minimum Gasteiger partial charge on any atom is -0.311 e. The molecule has 20 heavy (non-hydrogen) atoms. The maximum absolute atomic E-state index is 4.60. The molecule has 0 spiro atoms. The molecule has 0 bridgehead atoms. The molecule has 110 valence electrons. The van der Waals surface area contributed by atoms with Crippen molar-refractivity contribution >= 4 is 5.65 Å². The van der Waals surface area contributed by atoms with Gasteiger partial charge in [0.15, 0.2) is 0 Å². The summed E-state index contributed by atoms with van der Waals surface area (Å²) < 4.78 is 2.19. The first-order chi connectivity index (χ1) is 9.76. The third-order valence-corrected chi connectivity index (χ3v) is 4.10. The molecule has 2 rings (SSSR count). The number of nitrogens with zero attached hydrogens (tertiary/aromatic N) is 2. The van der Waals surface area contributed by atoms with Gasteiger partial charge in [-0.25, -0.2) is 4.98 Å². The summed E-state index contributed by atoms with van der Waals surface area (Å²) in [5.74, 6) is 0.800. The second kappa shape index (κ2) is 7.44. The fraction of sp³-hybridized carbons (Fsp3) is 0.588. The fourth-order valence-electron chi connectivity index (χ4n) is 2.72. The van der Waals surface area contributed by atoms with Crippen molar-refractivity contribution in [2.24, 2.45) is 5.92 Å². The second-order valence-electron chi connectivity index (χ2n) is 5.62. The quantitative estimate of drug-likeness (QED) is 0.789. The van der Waals surface area contributed by atoms with Crippen LogP contribution in [-0.2, 0) is 6.54 Å². The van der Waals surface area contributed by atoms with Crippen LogP contribution in [0.5, 0.6) is 0 Å². The molecule has 1 atom stereocenters. The Balaban J connectivity index is 1.94. The van der Waals surface area contributed by atoms with Crippen LogP contribution in [0.15, 0.2) is 24.4 Å². The van der Waals surface area contributed by atoms with Crippen LogP contribution >= 0.6 is 0 Å². The first kappa shape index (κ1) is 15.0. The van der Waals surface area contributed by atoms with Crippen molar-refractivity contribution in [1.29, 1.82) is 0 Å². The lowest BCUT2D eigenvalue weighted by molar-refractivity contribution is 0.417. The lowest BCUT2D eigenvalue weighted by atomic mass is 9.99. The average molecular weight is 273 g/mol. The maximum Gasteiger partial charge on any atom is 0.137 e. The molecule has 0 aromatic carbocycles. The number of fused-ring (bicyclic) bond motifs is 1. The number of pyridine rings is 1. The van der Waals surface area contributed by atoms with Gasteiger partial charge < -0.3 is 9.72 Å². The zero-order valence-corrected chi connectivity index (χ0v) is 13.0. The van der Waals surface area contributed by atoms with E-state index in [2.05, 4.69) is 53.8 Å². The maximum atomic E-state index is 4.60. The number of unbranched alkanes of at least 4 members (excludes halogenated alkanes) is 1. The zero-order chi connectivity index (χ0) is 14.4. The van der Waals surface area contributed by atoms with Gasteiger partial charge in [-0.05, 0) is 37.9 Å². The highest BCUT2D eigenvalue weighted by Crippen LogP contribution is 2.13. The van der Waals surface area contributed by atoms with E-state index in [1.54, 1.807) is 0 Å². The van der Waals surface area contributed by atoms with Crippen LogP contribution in [0, 0.1) is 12.8 Å². The molecule has 0 aliphatic carbocycles. The first-order valence-corrected chi connectivity index (χ1v) is 7.89. The lowest BCUT2D eigenvalue weighted by Gasteiger charge is -2.15. The van der Waals surface area contributed by atoms with Gasteiger partial charge >= 0.3 is 0 Å². The van der Waals surface area contributed by atoms with E-state index in [1.807, 2.05) is 6.07 Å². The summed E-state index contributed by atoms with van der Waals surface area (Å²) in [7, 11) is 0. The van der Waals surface area contributed by atoms with Crippen LogP contribution in [0.4, 0.5) is 0 Å². The van der Waals surface area contributed by atoms with Crippen LogP contribution in [0.2, 0.25) is 0 Å². The molecule has 2 aromatic heterocycles. The van der Waals surface area contributed by atoms with Gasteiger partial charge in [0, 0.05) is 12.7 Å². The monoisotopic (exact) mass is 273 g/mol. The van der Waals surface area contributed by atoms with E-state index in [0.29, 0.717) is 0 Å². The fourth-order valence-corrected chi connectivity index (χ4v) is 2.72. The summed E-state index contributed by atoms with van der Waals surface area (Å²) in [5.41, 5.74) is 3.45. The Bertz CT molecular complexity index is 530. The summed E-state index contributed by atoms with van der Waals surface area (Å²) in [5, 5.41) is 3.62. The van der Waals surface area contributed by atoms with Crippen molar-refractivity contribution in [2.75, 3.05) is 6.54 Å². The number of rotatable bonds is 8. The van der Waals surface area contributed by atoms with E-state index >= 15 is 0 Å². The summed E-state index contributed by atoms with van der Waals surface area (Å²) >= 11 is 0. The molecule has 2 aromatic rings. The molecule has 0 amide bonds. The third-order valence-electron chi connectivity index (χ3n) is 4.10. The minimum absolute atomic E-state index is 0.800. The molecule has 0 aliphatic heterocycles. The number of nitrogens with one attached hydrogen (secondary N) is 1. The van der Waals surface area contributed by atoms with Gasteiger partial charge in [0.2, 0.25) is 0 Å². The Hall–Kier alpha value is -1.35. The van der Waals surface area contributed by atoms with Gasteiger partial charge in [-0.15, -0.1) is 0 Å². The molecule has 0 saturated heterocycles. The highest BCUT2D eigenvalue weighted by molar-refractivity contribution is 5.42. The Morgan fingerprint density at radius 3 is 2.90 bits per heavy atom. The average Bonchev–Trinajstić information content (AvgIpc) is 2.78. The largest absolute Gasteiger partial charge is 0.311 e. The van der Waals surface area contributed by atoms with Gasteiger partial charge in [0.1, 0.15) is 5.65 Å². The summed E-state index contributed by atoms with van der Waals surface area (Å²) in [6.07, 6.45) is 7.34.